The molecule has 0 aliphatic carbocycles. The third kappa shape index (κ3) is 4.52. The average Bonchev–Trinajstić information content (AvgIpc) is 2.51. The van der Waals surface area contributed by atoms with Crippen LogP contribution in [0.2, 0.25) is 0 Å². The van der Waals surface area contributed by atoms with Gasteiger partial charge >= 0.3 is 0 Å². The van der Waals surface area contributed by atoms with Crippen LogP contribution >= 0.6 is 0 Å². The van der Waals surface area contributed by atoms with E-state index < -0.39 is 0 Å². The molecule has 5 nitrogen and oxygen atoms in total. The largest absolute Gasteiger partial charge is 0.355 e. The lowest BCUT2D eigenvalue weighted by molar-refractivity contribution is -0.122. The van der Waals surface area contributed by atoms with Crippen LogP contribution in [-0.4, -0.2) is 55.0 Å². The summed E-state index contributed by atoms with van der Waals surface area (Å²) in [5.74, 6) is -0.229. The van der Waals surface area contributed by atoms with Crippen LogP contribution in [0.5, 0.6) is 0 Å². The molecule has 1 heterocycles. The molecule has 0 bridgehead atoms. The number of carbonyl (C=O) groups excluding carboxylic acids is 1. The van der Waals surface area contributed by atoms with Crippen LogP contribution in [0.1, 0.15) is 18.1 Å². The van der Waals surface area contributed by atoms with Crippen molar-refractivity contribution < 1.29 is 9.18 Å². The Morgan fingerprint density at radius 3 is 2.64 bits per heavy atom. The molecule has 0 atom stereocenters. The molecule has 0 unspecified atom stereocenters. The average molecular weight is 304 g/mol. The van der Waals surface area contributed by atoms with E-state index in [0.29, 0.717) is 30.8 Å². The lowest BCUT2D eigenvalue weighted by Crippen LogP contribution is -2.49. The first-order chi connectivity index (χ1) is 10.6. The molecular weight excluding hydrogens is 283 g/mol. The molecule has 1 saturated heterocycles. The fourth-order valence-corrected chi connectivity index (χ4v) is 2.57. The second kappa shape index (κ2) is 7.87. The quantitative estimate of drug-likeness (QED) is 0.880. The lowest BCUT2D eigenvalue weighted by atomic mass is 10.1. The first-order valence-electron chi connectivity index (χ1n) is 7.52. The molecule has 0 saturated carbocycles. The molecule has 6 heteroatoms. The Balaban J connectivity index is 1.85. The van der Waals surface area contributed by atoms with Crippen molar-refractivity contribution >= 4 is 5.91 Å². The number of amides is 1. The van der Waals surface area contributed by atoms with Crippen LogP contribution in [0.3, 0.4) is 0 Å². The molecule has 1 N–H and O–H groups in total. The molecule has 0 spiro atoms. The van der Waals surface area contributed by atoms with E-state index >= 15 is 0 Å². The SMILES string of the molecule is CCNC(=O)CN1CCN(Cc2cc(C#N)ccc2F)CC1. The van der Waals surface area contributed by atoms with E-state index in [-0.39, 0.29) is 11.7 Å². The normalized spacial score (nSPS) is 16.2. The number of benzene rings is 1. The van der Waals surface area contributed by atoms with Crippen molar-refractivity contribution in [3.8, 4) is 6.07 Å². The lowest BCUT2D eigenvalue weighted by Gasteiger charge is -2.34. The molecule has 1 aromatic rings. The van der Waals surface area contributed by atoms with Gasteiger partial charge in [0, 0.05) is 44.8 Å². The second-order valence-corrected chi connectivity index (χ2v) is 5.42. The summed E-state index contributed by atoms with van der Waals surface area (Å²) in [6.45, 7) is 6.61. The summed E-state index contributed by atoms with van der Waals surface area (Å²) in [6.07, 6.45) is 0. The summed E-state index contributed by atoms with van der Waals surface area (Å²) in [7, 11) is 0. The van der Waals surface area contributed by atoms with Gasteiger partial charge in [0.2, 0.25) is 5.91 Å². The number of hydrogen-bond donors (Lipinski definition) is 1. The number of nitrogens with one attached hydrogen (secondary N) is 1. The zero-order valence-corrected chi connectivity index (χ0v) is 12.8. The maximum absolute atomic E-state index is 13.8. The van der Waals surface area contributed by atoms with E-state index in [1.807, 2.05) is 13.0 Å². The van der Waals surface area contributed by atoms with Crippen molar-refractivity contribution in [1.29, 1.82) is 5.26 Å². The topological polar surface area (TPSA) is 59.4 Å². The van der Waals surface area contributed by atoms with E-state index in [1.54, 1.807) is 6.07 Å². The predicted molar refractivity (Wildman–Crippen MR) is 81.5 cm³/mol. The van der Waals surface area contributed by atoms with Gasteiger partial charge in [-0.05, 0) is 25.1 Å². The van der Waals surface area contributed by atoms with Crippen molar-refractivity contribution in [3.63, 3.8) is 0 Å². The van der Waals surface area contributed by atoms with Crippen LogP contribution < -0.4 is 5.32 Å². The molecule has 1 aliphatic heterocycles. The van der Waals surface area contributed by atoms with Gasteiger partial charge in [-0.3, -0.25) is 14.6 Å². The van der Waals surface area contributed by atoms with Crippen molar-refractivity contribution in [2.24, 2.45) is 0 Å². The molecule has 1 fully saturated rings. The Morgan fingerprint density at radius 1 is 1.32 bits per heavy atom. The number of rotatable bonds is 5. The van der Waals surface area contributed by atoms with Gasteiger partial charge in [-0.2, -0.15) is 5.26 Å². The number of piperazine rings is 1. The van der Waals surface area contributed by atoms with Crippen LogP contribution in [0.15, 0.2) is 18.2 Å². The highest BCUT2D eigenvalue weighted by Gasteiger charge is 2.19. The molecule has 22 heavy (non-hydrogen) atoms. The molecular formula is C16H21FN4O. The van der Waals surface area contributed by atoms with E-state index in [2.05, 4.69) is 15.1 Å². The molecule has 1 aromatic carbocycles. The summed E-state index contributed by atoms with van der Waals surface area (Å²) in [6, 6.07) is 6.48. The Kier molecular flexibility index (Phi) is 5.87. The minimum Gasteiger partial charge on any atom is -0.355 e. The van der Waals surface area contributed by atoms with E-state index in [9.17, 15) is 9.18 Å². The highest BCUT2D eigenvalue weighted by atomic mass is 19.1. The van der Waals surface area contributed by atoms with Gasteiger partial charge in [0.25, 0.3) is 0 Å². The van der Waals surface area contributed by atoms with Gasteiger partial charge in [0.1, 0.15) is 5.82 Å². The Labute approximate surface area is 130 Å². The Bertz CT molecular complexity index is 562. The van der Waals surface area contributed by atoms with Crippen LogP contribution in [0, 0.1) is 17.1 Å². The maximum atomic E-state index is 13.8. The van der Waals surface area contributed by atoms with Crippen LogP contribution in [0.25, 0.3) is 0 Å². The smallest absolute Gasteiger partial charge is 0.234 e. The minimum absolute atomic E-state index is 0.0451. The van der Waals surface area contributed by atoms with Crippen molar-refractivity contribution in [2.45, 2.75) is 13.5 Å². The number of carbonyl (C=O) groups is 1. The molecule has 0 radical (unpaired) electrons. The minimum atomic E-state index is -0.274. The summed E-state index contributed by atoms with van der Waals surface area (Å²) in [4.78, 5) is 15.8. The van der Waals surface area contributed by atoms with E-state index in [4.69, 9.17) is 5.26 Å². The molecule has 0 aromatic heterocycles. The first-order valence-corrected chi connectivity index (χ1v) is 7.52. The number of halogens is 1. The van der Waals surface area contributed by atoms with Crippen molar-refractivity contribution in [3.05, 3.63) is 35.1 Å². The van der Waals surface area contributed by atoms with Crippen molar-refractivity contribution in [2.75, 3.05) is 39.3 Å². The van der Waals surface area contributed by atoms with Crippen molar-refractivity contribution in [1.82, 2.24) is 15.1 Å². The summed E-state index contributed by atoms with van der Waals surface area (Å²) in [5, 5.41) is 11.7. The summed E-state index contributed by atoms with van der Waals surface area (Å²) in [5.41, 5.74) is 1.03. The Morgan fingerprint density at radius 2 is 2.00 bits per heavy atom. The monoisotopic (exact) mass is 304 g/mol. The maximum Gasteiger partial charge on any atom is 0.234 e. The van der Waals surface area contributed by atoms with E-state index in [0.717, 1.165) is 26.2 Å². The highest BCUT2D eigenvalue weighted by molar-refractivity contribution is 5.77. The van der Waals surface area contributed by atoms with Gasteiger partial charge in [0.15, 0.2) is 0 Å². The van der Waals surface area contributed by atoms with Crippen LogP contribution in [-0.2, 0) is 11.3 Å². The number of likely N-dealkylation sites (N-methyl/N-ethyl adjacent to an activating group) is 1. The number of nitriles is 1. The fourth-order valence-electron chi connectivity index (χ4n) is 2.57. The summed E-state index contributed by atoms with van der Waals surface area (Å²) < 4.78 is 13.8. The fraction of sp³-hybridized carbons (Fsp3) is 0.500. The van der Waals surface area contributed by atoms with Gasteiger partial charge in [-0.15, -0.1) is 0 Å². The molecule has 1 amide bonds. The highest BCUT2D eigenvalue weighted by Crippen LogP contribution is 2.14. The standard InChI is InChI=1S/C16H21FN4O/c1-2-19-16(22)12-21-7-5-20(6-8-21)11-14-9-13(10-18)3-4-15(14)17/h3-4,9H,2,5-8,11-12H2,1H3,(H,19,22). The van der Waals surface area contributed by atoms with E-state index in [1.165, 1.54) is 12.1 Å². The number of hydrogen-bond acceptors (Lipinski definition) is 4. The zero-order chi connectivity index (χ0) is 15.9. The molecule has 2 rings (SSSR count). The third-order valence-corrected chi connectivity index (χ3v) is 3.77. The zero-order valence-electron chi connectivity index (χ0n) is 12.8. The second-order valence-electron chi connectivity index (χ2n) is 5.42. The van der Waals surface area contributed by atoms with Crippen LogP contribution in [0.4, 0.5) is 4.39 Å². The third-order valence-electron chi connectivity index (χ3n) is 3.77. The Hall–Kier alpha value is -1.97. The molecule has 118 valence electrons. The summed E-state index contributed by atoms with van der Waals surface area (Å²) >= 11 is 0. The van der Waals surface area contributed by atoms with Gasteiger partial charge in [-0.25, -0.2) is 4.39 Å². The van der Waals surface area contributed by atoms with Gasteiger partial charge in [-0.1, -0.05) is 0 Å². The molecule has 1 aliphatic rings. The first kappa shape index (κ1) is 16.4. The predicted octanol–water partition coefficient (Wildman–Crippen LogP) is 0.951. The van der Waals surface area contributed by atoms with Gasteiger partial charge < -0.3 is 5.32 Å². The van der Waals surface area contributed by atoms with Gasteiger partial charge in [0.05, 0.1) is 18.2 Å². The number of nitrogens with zero attached hydrogens (tertiary/aromatic N) is 3.